The van der Waals surface area contributed by atoms with Crippen molar-refractivity contribution in [3.63, 3.8) is 0 Å². The Morgan fingerprint density at radius 3 is 2.69 bits per heavy atom. The zero-order chi connectivity index (χ0) is 12.1. The third-order valence-electron chi connectivity index (χ3n) is 2.04. The Hall–Kier alpha value is -2.04. The van der Waals surface area contributed by atoms with E-state index in [0.29, 0.717) is 11.3 Å². The summed E-state index contributed by atoms with van der Waals surface area (Å²) in [7, 11) is 2.94. The first-order valence-electron chi connectivity index (χ1n) is 4.66. The molecule has 0 radical (unpaired) electrons. The van der Waals surface area contributed by atoms with Crippen molar-refractivity contribution in [3.8, 4) is 5.75 Å². The fourth-order valence-electron chi connectivity index (χ4n) is 1.25. The van der Waals surface area contributed by atoms with E-state index in [1.807, 2.05) is 0 Å². The van der Waals surface area contributed by atoms with Crippen LogP contribution in [0.25, 0.3) is 0 Å². The maximum Gasteiger partial charge on any atom is 0.323 e. The number of hydrogen-bond donors (Lipinski definition) is 1. The van der Waals surface area contributed by atoms with Crippen molar-refractivity contribution in [3.05, 3.63) is 29.8 Å². The molecule has 1 aromatic carbocycles. The summed E-state index contributed by atoms with van der Waals surface area (Å²) >= 11 is 0. The highest BCUT2D eigenvalue weighted by Crippen LogP contribution is 2.13. The van der Waals surface area contributed by atoms with E-state index < -0.39 is 5.97 Å². The van der Waals surface area contributed by atoms with Gasteiger partial charge in [0.1, 0.15) is 12.3 Å². The van der Waals surface area contributed by atoms with Crippen molar-refractivity contribution in [1.82, 2.24) is 4.90 Å². The number of carbonyl (C=O) groups excluding carboxylic acids is 1. The second-order valence-corrected chi connectivity index (χ2v) is 3.29. The molecule has 0 spiro atoms. The van der Waals surface area contributed by atoms with E-state index in [2.05, 4.69) is 0 Å². The quantitative estimate of drug-likeness (QED) is 0.821. The highest BCUT2D eigenvalue weighted by Gasteiger charge is 2.14. The van der Waals surface area contributed by atoms with Crippen LogP contribution in [0.5, 0.6) is 5.75 Å². The number of methoxy groups -OCH3 is 1. The molecule has 16 heavy (non-hydrogen) atoms. The second-order valence-electron chi connectivity index (χ2n) is 3.29. The first kappa shape index (κ1) is 12.0. The standard InChI is InChI=1S/C11H13NO4/c1-12(7-10(13)14)11(15)8-4-3-5-9(6-8)16-2/h3-6H,7H2,1-2H3,(H,13,14). The van der Waals surface area contributed by atoms with Gasteiger partial charge in [-0.25, -0.2) is 0 Å². The van der Waals surface area contributed by atoms with Crippen LogP contribution >= 0.6 is 0 Å². The third-order valence-corrected chi connectivity index (χ3v) is 2.04. The maximum atomic E-state index is 11.8. The predicted molar refractivity (Wildman–Crippen MR) is 57.6 cm³/mol. The number of amides is 1. The first-order chi connectivity index (χ1) is 7.54. The molecule has 0 saturated heterocycles. The van der Waals surface area contributed by atoms with E-state index in [0.717, 1.165) is 4.90 Å². The number of nitrogens with zero attached hydrogens (tertiary/aromatic N) is 1. The summed E-state index contributed by atoms with van der Waals surface area (Å²) in [5.74, 6) is -0.824. The molecule has 0 aliphatic heterocycles. The van der Waals surface area contributed by atoms with Crippen molar-refractivity contribution in [2.24, 2.45) is 0 Å². The lowest BCUT2D eigenvalue weighted by Gasteiger charge is -2.14. The van der Waals surface area contributed by atoms with E-state index in [4.69, 9.17) is 9.84 Å². The molecule has 0 aliphatic carbocycles. The van der Waals surface area contributed by atoms with Gasteiger partial charge in [0.2, 0.25) is 0 Å². The predicted octanol–water partition coefficient (Wildman–Crippen LogP) is 0.852. The van der Waals surface area contributed by atoms with Gasteiger partial charge >= 0.3 is 5.97 Å². The SMILES string of the molecule is COc1cccc(C(=O)N(C)CC(=O)O)c1. The first-order valence-corrected chi connectivity index (χ1v) is 4.66. The zero-order valence-electron chi connectivity index (χ0n) is 9.14. The third kappa shape index (κ3) is 2.98. The van der Waals surface area contributed by atoms with Crippen LogP contribution in [0, 0.1) is 0 Å². The number of hydrogen-bond acceptors (Lipinski definition) is 3. The molecule has 1 N–H and O–H groups in total. The Morgan fingerprint density at radius 1 is 1.44 bits per heavy atom. The number of carboxylic acids is 1. The molecule has 0 saturated carbocycles. The summed E-state index contributed by atoms with van der Waals surface area (Å²) in [4.78, 5) is 23.3. The van der Waals surface area contributed by atoms with Gasteiger partial charge in [0.25, 0.3) is 5.91 Å². The van der Waals surface area contributed by atoms with Crippen molar-refractivity contribution >= 4 is 11.9 Å². The highest BCUT2D eigenvalue weighted by atomic mass is 16.5. The van der Waals surface area contributed by atoms with E-state index in [-0.39, 0.29) is 12.5 Å². The van der Waals surface area contributed by atoms with Crippen LogP contribution in [-0.4, -0.2) is 42.6 Å². The second kappa shape index (κ2) is 5.16. The van der Waals surface area contributed by atoms with Crippen molar-refractivity contribution < 1.29 is 19.4 Å². The molecule has 1 aromatic rings. The summed E-state index contributed by atoms with van der Waals surface area (Å²) in [6.07, 6.45) is 0. The number of likely N-dealkylation sites (N-methyl/N-ethyl adjacent to an activating group) is 1. The minimum absolute atomic E-state index is 0.323. The van der Waals surface area contributed by atoms with Gasteiger partial charge in [-0.3, -0.25) is 9.59 Å². The summed E-state index contributed by atoms with van der Waals surface area (Å²) in [5.41, 5.74) is 0.406. The topological polar surface area (TPSA) is 66.8 Å². The molecule has 0 bridgehead atoms. The zero-order valence-corrected chi connectivity index (χ0v) is 9.14. The van der Waals surface area contributed by atoms with Crippen LogP contribution in [-0.2, 0) is 4.79 Å². The van der Waals surface area contributed by atoms with Crippen LogP contribution in [0.2, 0.25) is 0 Å². The van der Waals surface area contributed by atoms with Crippen LogP contribution in [0.15, 0.2) is 24.3 Å². The van der Waals surface area contributed by atoms with Crippen LogP contribution in [0.4, 0.5) is 0 Å². The van der Waals surface area contributed by atoms with Crippen molar-refractivity contribution in [2.45, 2.75) is 0 Å². The molecule has 0 aliphatic rings. The molecular formula is C11H13NO4. The summed E-state index contributed by atoms with van der Waals surface area (Å²) in [6.45, 7) is -0.323. The fourth-order valence-corrected chi connectivity index (χ4v) is 1.25. The van der Waals surface area contributed by atoms with Gasteiger partial charge < -0.3 is 14.7 Å². The average molecular weight is 223 g/mol. The van der Waals surface area contributed by atoms with Crippen LogP contribution in [0.3, 0.4) is 0 Å². The van der Waals surface area contributed by atoms with E-state index >= 15 is 0 Å². The molecule has 0 unspecified atom stereocenters. The maximum absolute atomic E-state index is 11.8. The molecule has 0 fully saturated rings. The molecule has 5 nitrogen and oxygen atoms in total. The average Bonchev–Trinajstić information content (AvgIpc) is 2.27. The van der Waals surface area contributed by atoms with Crippen molar-refractivity contribution in [1.29, 1.82) is 0 Å². The fraction of sp³-hybridized carbons (Fsp3) is 0.273. The lowest BCUT2D eigenvalue weighted by atomic mass is 10.2. The molecular weight excluding hydrogens is 210 g/mol. The molecule has 0 heterocycles. The Morgan fingerprint density at radius 2 is 2.12 bits per heavy atom. The monoisotopic (exact) mass is 223 g/mol. The van der Waals surface area contributed by atoms with Gasteiger partial charge in [0, 0.05) is 12.6 Å². The Balaban J connectivity index is 2.83. The van der Waals surface area contributed by atoms with E-state index in [1.165, 1.54) is 14.2 Å². The van der Waals surface area contributed by atoms with Crippen LogP contribution < -0.4 is 4.74 Å². The van der Waals surface area contributed by atoms with Gasteiger partial charge in [0.05, 0.1) is 7.11 Å². The Kier molecular flexibility index (Phi) is 3.88. The number of rotatable bonds is 4. The van der Waals surface area contributed by atoms with Gasteiger partial charge in [-0.2, -0.15) is 0 Å². The minimum atomic E-state index is -1.04. The molecule has 1 rings (SSSR count). The molecule has 1 amide bonds. The highest BCUT2D eigenvalue weighted by molar-refractivity contribution is 5.95. The Bertz CT molecular complexity index is 403. The smallest absolute Gasteiger partial charge is 0.323 e. The summed E-state index contributed by atoms with van der Waals surface area (Å²) < 4.78 is 4.98. The molecule has 86 valence electrons. The number of carbonyl (C=O) groups is 2. The van der Waals surface area contributed by atoms with Gasteiger partial charge in [-0.15, -0.1) is 0 Å². The van der Waals surface area contributed by atoms with Gasteiger partial charge in [0.15, 0.2) is 0 Å². The summed E-state index contributed by atoms with van der Waals surface area (Å²) in [6, 6.07) is 6.58. The Labute approximate surface area is 93.2 Å². The van der Waals surface area contributed by atoms with E-state index in [9.17, 15) is 9.59 Å². The van der Waals surface area contributed by atoms with Gasteiger partial charge in [-0.05, 0) is 18.2 Å². The number of benzene rings is 1. The number of ether oxygens (including phenoxy) is 1. The largest absolute Gasteiger partial charge is 0.497 e. The summed E-state index contributed by atoms with van der Waals surface area (Å²) in [5, 5.41) is 8.56. The number of aliphatic carboxylic acids is 1. The lowest BCUT2D eigenvalue weighted by molar-refractivity contribution is -0.137. The van der Waals surface area contributed by atoms with Crippen LogP contribution in [0.1, 0.15) is 10.4 Å². The normalized spacial score (nSPS) is 9.62. The van der Waals surface area contributed by atoms with Gasteiger partial charge in [-0.1, -0.05) is 6.07 Å². The molecule has 0 atom stereocenters. The molecule has 5 heteroatoms. The minimum Gasteiger partial charge on any atom is -0.497 e. The van der Waals surface area contributed by atoms with Crippen molar-refractivity contribution in [2.75, 3.05) is 20.7 Å². The number of carboxylic acid groups (broad SMARTS) is 1. The van der Waals surface area contributed by atoms with E-state index in [1.54, 1.807) is 24.3 Å². The molecule has 0 aromatic heterocycles. The lowest BCUT2D eigenvalue weighted by Crippen LogP contribution is -2.31.